The number of fused-ring (bicyclic) bond motifs is 1. The van der Waals surface area contributed by atoms with Crippen molar-refractivity contribution in [2.45, 2.75) is 26.1 Å². The summed E-state index contributed by atoms with van der Waals surface area (Å²) in [6.07, 6.45) is -4.08. The molecule has 0 amide bonds. The monoisotopic (exact) mass is 386 g/mol. The fraction of sp³-hybridized carbons (Fsp3) is 0.312. The SMILES string of the molecule is CCn1cnc2c(=O)n(-c3ccc(Cl)cc3)c(OCCC(F)(F)F)nc21. The van der Waals surface area contributed by atoms with Crippen LogP contribution in [0.5, 0.6) is 6.01 Å². The van der Waals surface area contributed by atoms with Crippen LogP contribution >= 0.6 is 11.6 Å². The maximum Gasteiger partial charge on any atom is 0.392 e. The number of benzene rings is 1. The Morgan fingerprint density at radius 3 is 2.54 bits per heavy atom. The predicted molar refractivity (Wildman–Crippen MR) is 90.0 cm³/mol. The van der Waals surface area contributed by atoms with Crippen molar-refractivity contribution in [3.05, 3.63) is 46.0 Å². The van der Waals surface area contributed by atoms with Crippen LogP contribution in [0.4, 0.5) is 13.2 Å². The summed E-state index contributed by atoms with van der Waals surface area (Å²) in [5.41, 5.74) is 0.183. The van der Waals surface area contributed by atoms with Crippen molar-refractivity contribution in [1.29, 1.82) is 0 Å². The van der Waals surface area contributed by atoms with E-state index in [2.05, 4.69) is 9.97 Å². The van der Waals surface area contributed by atoms with Crippen molar-refractivity contribution in [2.75, 3.05) is 6.61 Å². The van der Waals surface area contributed by atoms with Crippen molar-refractivity contribution in [1.82, 2.24) is 19.1 Å². The van der Waals surface area contributed by atoms with E-state index in [4.69, 9.17) is 16.3 Å². The third-order valence-corrected chi connectivity index (χ3v) is 3.90. The van der Waals surface area contributed by atoms with Crippen LogP contribution in [0.25, 0.3) is 16.9 Å². The standard InChI is InChI=1S/C16H14ClF3N4O2/c1-2-23-9-21-12-13(23)22-15(26-8-7-16(18,19)20)24(14(12)25)11-5-3-10(17)4-6-11/h3-6,9H,2,7-8H2,1H3. The van der Waals surface area contributed by atoms with E-state index in [0.717, 1.165) is 4.57 Å². The van der Waals surface area contributed by atoms with Gasteiger partial charge in [0.05, 0.1) is 18.4 Å². The summed E-state index contributed by atoms with van der Waals surface area (Å²) in [6.45, 7) is 1.67. The van der Waals surface area contributed by atoms with Crippen LogP contribution in [0.2, 0.25) is 5.02 Å². The highest BCUT2D eigenvalue weighted by molar-refractivity contribution is 6.30. The molecule has 6 nitrogen and oxygen atoms in total. The quantitative estimate of drug-likeness (QED) is 0.672. The number of hydrogen-bond donors (Lipinski definition) is 0. The van der Waals surface area contributed by atoms with Crippen LogP contribution < -0.4 is 10.3 Å². The summed E-state index contributed by atoms with van der Waals surface area (Å²) < 4.78 is 45.2. The molecule has 0 saturated carbocycles. The maximum absolute atomic E-state index is 12.8. The van der Waals surface area contributed by atoms with E-state index in [-0.39, 0.29) is 17.2 Å². The molecule has 0 N–H and O–H groups in total. The summed E-state index contributed by atoms with van der Waals surface area (Å²) in [7, 11) is 0. The first-order valence-electron chi connectivity index (χ1n) is 7.73. The zero-order chi connectivity index (χ0) is 18.9. The Labute approximate surface area is 150 Å². The number of halogens is 4. The molecule has 2 heterocycles. The van der Waals surface area contributed by atoms with Crippen LogP contribution in [-0.2, 0) is 6.54 Å². The molecule has 3 rings (SSSR count). The lowest BCUT2D eigenvalue weighted by molar-refractivity contribution is -0.139. The second-order valence-electron chi connectivity index (χ2n) is 5.43. The Morgan fingerprint density at radius 1 is 1.23 bits per heavy atom. The van der Waals surface area contributed by atoms with Gasteiger partial charge in [-0.05, 0) is 31.2 Å². The van der Waals surface area contributed by atoms with E-state index >= 15 is 0 Å². The van der Waals surface area contributed by atoms with Gasteiger partial charge in [-0.25, -0.2) is 9.55 Å². The highest BCUT2D eigenvalue weighted by Crippen LogP contribution is 2.22. The van der Waals surface area contributed by atoms with E-state index < -0.39 is 24.8 Å². The Kier molecular flexibility index (Phi) is 4.90. The molecule has 0 radical (unpaired) electrons. The topological polar surface area (TPSA) is 61.9 Å². The van der Waals surface area contributed by atoms with E-state index in [0.29, 0.717) is 17.3 Å². The molecule has 0 aliphatic heterocycles. The van der Waals surface area contributed by atoms with Gasteiger partial charge in [0.1, 0.15) is 6.61 Å². The van der Waals surface area contributed by atoms with Crippen LogP contribution in [0.3, 0.4) is 0 Å². The summed E-state index contributed by atoms with van der Waals surface area (Å²) in [4.78, 5) is 21.1. The van der Waals surface area contributed by atoms with Crippen LogP contribution in [0.1, 0.15) is 13.3 Å². The third kappa shape index (κ3) is 3.67. The fourth-order valence-electron chi connectivity index (χ4n) is 2.38. The average molecular weight is 387 g/mol. The molecule has 0 saturated heterocycles. The molecule has 0 fully saturated rings. The molecule has 2 aromatic heterocycles. The Hall–Kier alpha value is -2.55. The minimum absolute atomic E-state index is 0.102. The third-order valence-electron chi connectivity index (χ3n) is 3.65. The van der Waals surface area contributed by atoms with E-state index in [1.54, 1.807) is 28.8 Å². The summed E-state index contributed by atoms with van der Waals surface area (Å²) in [6, 6.07) is 5.97. The Balaban J connectivity index is 2.13. The normalized spacial score (nSPS) is 11.9. The van der Waals surface area contributed by atoms with Gasteiger partial charge in [-0.15, -0.1) is 0 Å². The lowest BCUT2D eigenvalue weighted by atomic mass is 10.3. The second-order valence-corrected chi connectivity index (χ2v) is 5.86. The van der Waals surface area contributed by atoms with Crippen molar-refractivity contribution in [2.24, 2.45) is 0 Å². The Bertz CT molecular complexity index is 980. The molecule has 0 unspecified atom stereocenters. The smallest absolute Gasteiger partial charge is 0.392 e. The molecule has 0 spiro atoms. The molecule has 0 bridgehead atoms. The molecule has 26 heavy (non-hydrogen) atoms. The molecule has 0 atom stereocenters. The number of nitrogens with zero attached hydrogens (tertiary/aromatic N) is 4. The highest BCUT2D eigenvalue weighted by Gasteiger charge is 2.27. The number of aromatic nitrogens is 4. The zero-order valence-electron chi connectivity index (χ0n) is 13.6. The van der Waals surface area contributed by atoms with Gasteiger partial charge in [0.25, 0.3) is 5.56 Å². The zero-order valence-corrected chi connectivity index (χ0v) is 14.4. The Morgan fingerprint density at radius 2 is 1.92 bits per heavy atom. The summed E-state index contributed by atoms with van der Waals surface area (Å²) in [5, 5.41) is 0.450. The van der Waals surface area contributed by atoms with Crippen molar-refractivity contribution in [3.8, 4) is 11.7 Å². The van der Waals surface area contributed by atoms with Gasteiger partial charge in [0, 0.05) is 11.6 Å². The number of hydrogen-bond acceptors (Lipinski definition) is 4. The molecule has 0 aliphatic rings. The second kappa shape index (κ2) is 6.99. The number of alkyl halides is 3. The van der Waals surface area contributed by atoms with Gasteiger partial charge in [0.15, 0.2) is 11.2 Å². The number of aryl methyl sites for hydroxylation is 1. The average Bonchev–Trinajstić information content (AvgIpc) is 2.98. The van der Waals surface area contributed by atoms with Gasteiger partial charge < -0.3 is 9.30 Å². The van der Waals surface area contributed by atoms with Gasteiger partial charge in [-0.2, -0.15) is 18.2 Å². The minimum Gasteiger partial charge on any atom is -0.464 e. The van der Waals surface area contributed by atoms with Gasteiger partial charge in [-0.3, -0.25) is 4.79 Å². The van der Waals surface area contributed by atoms with Crippen LogP contribution in [0.15, 0.2) is 35.4 Å². The largest absolute Gasteiger partial charge is 0.464 e. The number of imidazole rings is 1. The highest BCUT2D eigenvalue weighted by atomic mass is 35.5. The lowest BCUT2D eigenvalue weighted by Gasteiger charge is -2.14. The van der Waals surface area contributed by atoms with E-state index in [9.17, 15) is 18.0 Å². The minimum atomic E-state index is -4.37. The molecular weight excluding hydrogens is 373 g/mol. The first kappa shape index (κ1) is 18.2. The van der Waals surface area contributed by atoms with Crippen molar-refractivity contribution >= 4 is 22.8 Å². The molecule has 0 aliphatic carbocycles. The molecule has 1 aromatic carbocycles. The van der Waals surface area contributed by atoms with Crippen molar-refractivity contribution < 1.29 is 17.9 Å². The summed E-state index contributed by atoms with van der Waals surface area (Å²) >= 11 is 5.85. The first-order valence-corrected chi connectivity index (χ1v) is 8.11. The predicted octanol–water partition coefficient (Wildman–Crippen LogP) is 3.59. The van der Waals surface area contributed by atoms with Crippen LogP contribution in [-0.4, -0.2) is 31.9 Å². The van der Waals surface area contributed by atoms with E-state index in [1.807, 2.05) is 6.92 Å². The lowest BCUT2D eigenvalue weighted by Crippen LogP contribution is -2.24. The van der Waals surface area contributed by atoms with Crippen molar-refractivity contribution in [3.63, 3.8) is 0 Å². The summed E-state index contributed by atoms with van der Waals surface area (Å²) in [5.74, 6) is 0. The van der Waals surface area contributed by atoms with Gasteiger partial charge in [-0.1, -0.05) is 11.6 Å². The first-order chi connectivity index (χ1) is 12.3. The fourth-order valence-corrected chi connectivity index (χ4v) is 2.51. The molecular formula is C16H14ClF3N4O2. The van der Waals surface area contributed by atoms with Gasteiger partial charge in [0.2, 0.25) is 0 Å². The van der Waals surface area contributed by atoms with E-state index in [1.165, 1.54) is 6.33 Å². The number of ether oxygens (including phenoxy) is 1. The molecule has 138 valence electrons. The number of rotatable bonds is 5. The van der Waals surface area contributed by atoms with Gasteiger partial charge >= 0.3 is 12.2 Å². The molecule has 10 heteroatoms. The molecule has 3 aromatic rings. The maximum atomic E-state index is 12.8. The van der Waals surface area contributed by atoms with Crippen LogP contribution in [0, 0.1) is 0 Å².